The predicted molar refractivity (Wildman–Crippen MR) is 49.3 cm³/mol. The Balaban J connectivity index is 2.47. The van der Waals surface area contributed by atoms with Gasteiger partial charge in [-0.05, 0) is 24.8 Å². The monoisotopic (exact) mass is 151 g/mol. The van der Waals surface area contributed by atoms with Crippen LogP contribution in [0.3, 0.4) is 0 Å². The molecule has 0 saturated carbocycles. The van der Waals surface area contributed by atoms with Gasteiger partial charge in [0.1, 0.15) is 0 Å². The largest absolute Gasteiger partial charge is 0.385 e. The Morgan fingerprint density at radius 1 is 1.82 bits per heavy atom. The highest BCUT2D eigenvalue weighted by Crippen LogP contribution is 2.18. The summed E-state index contributed by atoms with van der Waals surface area (Å²) < 4.78 is 0. The van der Waals surface area contributed by atoms with Crippen LogP contribution in [0.1, 0.15) is 26.7 Å². The molecule has 0 aromatic rings. The molecule has 0 saturated heterocycles. The average molecular weight is 151 g/mol. The van der Waals surface area contributed by atoms with E-state index in [2.05, 4.69) is 24.9 Å². The van der Waals surface area contributed by atoms with Crippen LogP contribution in [0.4, 0.5) is 0 Å². The molecule has 0 radical (unpaired) electrons. The van der Waals surface area contributed by atoms with Gasteiger partial charge in [-0.3, -0.25) is 0 Å². The second kappa shape index (κ2) is 3.61. The summed E-state index contributed by atoms with van der Waals surface area (Å²) >= 11 is 0. The van der Waals surface area contributed by atoms with Gasteiger partial charge in [0.25, 0.3) is 0 Å². The highest BCUT2D eigenvalue weighted by Gasteiger charge is 2.13. The molecule has 0 amide bonds. The van der Waals surface area contributed by atoms with Crippen molar-refractivity contribution in [3.8, 4) is 0 Å². The molecule has 1 aliphatic rings. The molecule has 0 spiro atoms. The molecular formula is C10H17N. The van der Waals surface area contributed by atoms with Gasteiger partial charge in [-0.1, -0.05) is 26.0 Å². The minimum atomic E-state index is 0.742. The molecule has 1 heteroatoms. The van der Waals surface area contributed by atoms with Crippen molar-refractivity contribution in [3.63, 3.8) is 0 Å². The van der Waals surface area contributed by atoms with E-state index in [4.69, 9.17) is 0 Å². The summed E-state index contributed by atoms with van der Waals surface area (Å²) in [6.45, 7) is 9.29. The van der Waals surface area contributed by atoms with Crippen LogP contribution in [0.15, 0.2) is 23.9 Å². The van der Waals surface area contributed by atoms with Crippen molar-refractivity contribution in [2.75, 3.05) is 6.54 Å². The van der Waals surface area contributed by atoms with Crippen LogP contribution < -0.4 is 5.32 Å². The summed E-state index contributed by atoms with van der Waals surface area (Å²) in [4.78, 5) is 0. The third-order valence-electron chi connectivity index (χ3n) is 2.08. The zero-order chi connectivity index (χ0) is 8.27. The van der Waals surface area contributed by atoms with Gasteiger partial charge in [0, 0.05) is 12.2 Å². The van der Waals surface area contributed by atoms with Crippen LogP contribution in [0.2, 0.25) is 0 Å². The lowest BCUT2D eigenvalue weighted by atomic mass is 10.1. The lowest BCUT2D eigenvalue weighted by Gasteiger charge is -2.02. The normalized spacial score (nSPS) is 22.7. The fourth-order valence-corrected chi connectivity index (χ4v) is 1.44. The zero-order valence-corrected chi connectivity index (χ0v) is 7.48. The van der Waals surface area contributed by atoms with Crippen LogP contribution in [-0.2, 0) is 0 Å². The Morgan fingerprint density at radius 2 is 2.55 bits per heavy atom. The van der Waals surface area contributed by atoms with E-state index in [-0.39, 0.29) is 0 Å². The summed E-state index contributed by atoms with van der Waals surface area (Å²) in [5, 5.41) is 3.35. The first-order valence-corrected chi connectivity index (χ1v) is 4.35. The molecule has 0 aliphatic carbocycles. The average Bonchev–Trinajstić information content (AvgIpc) is 2.37. The van der Waals surface area contributed by atoms with Crippen molar-refractivity contribution in [1.82, 2.24) is 5.32 Å². The highest BCUT2D eigenvalue weighted by atomic mass is 14.9. The van der Waals surface area contributed by atoms with Gasteiger partial charge in [-0.15, -0.1) is 0 Å². The second-order valence-electron chi connectivity index (χ2n) is 3.29. The summed E-state index contributed by atoms with van der Waals surface area (Å²) in [6.07, 6.45) is 4.88. The summed E-state index contributed by atoms with van der Waals surface area (Å²) in [5.74, 6) is 0.742. The maximum Gasteiger partial charge on any atom is 0.0327 e. The zero-order valence-electron chi connectivity index (χ0n) is 7.48. The van der Waals surface area contributed by atoms with Gasteiger partial charge in [0.2, 0.25) is 0 Å². The Labute approximate surface area is 69.2 Å². The van der Waals surface area contributed by atoms with E-state index in [1.807, 2.05) is 6.92 Å². The Hall–Kier alpha value is -0.720. The molecule has 1 rings (SSSR count). The Morgan fingerprint density at radius 3 is 3.00 bits per heavy atom. The molecule has 0 aromatic carbocycles. The molecule has 11 heavy (non-hydrogen) atoms. The first kappa shape index (κ1) is 8.38. The smallest absolute Gasteiger partial charge is 0.0327 e. The number of hydrogen-bond acceptors (Lipinski definition) is 1. The van der Waals surface area contributed by atoms with E-state index in [1.165, 1.54) is 18.5 Å². The van der Waals surface area contributed by atoms with Crippen molar-refractivity contribution in [3.05, 3.63) is 23.9 Å². The highest BCUT2D eigenvalue weighted by molar-refractivity contribution is 5.28. The van der Waals surface area contributed by atoms with Crippen LogP contribution in [-0.4, -0.2) is 6.54 Å². The predicted octanol–water partition coefficient (Wildman–Crippen LogP) is 2.47. The van der Waals surface area contributed by atoms with Crippen molar-refractivity contribution >= 4 is 0 Å². The lowest BCUT2D eigenvalue weighted by molar-refractivity contribution is 0.587. The van der Waals surface area contributed by atoms with E-state index < -0.39 is 0 Å². The topological polar surface area (TPSA) is 12.0 Å². The molecule has 1 aliphatic heterocycles. The summed E-state index contributed by atoms with van der Waals surface area (Å²) in [5.41, 5.74) is 2.41. The molecule has 1 heterocycles. The standard InChI is InChI=1S/C10H17N/c1-4-5-9-6-10(8(2)3)11-7-9/h6,9,11H,2,4-5,7H2,1,3H3. The quantitative estimate of drug-likeness (QED) is 0.653. The molecule has 62 valence electrons. The number of nitrogens with one attached hydrogen (secondary N) is 1. The number of rotatable bonds is 3. The first-order valence-electron chi connectivity index (χ1n) is 4.35. The first-order chi connectivity index (χ1) is 5.24. The van der Waals surface area contributed by atoms with E-state index in [0.29, 0.717) is 0 Å². The third kappa shape index (κ3) is 2.11. The van der Waals surface area contributed by atoms with E-state index in [9.17, 15) is 0 Å². The Kier molecular flexibility index (Phi) is 2.75. The van der Waals surface area contributed by atoms with Crippen LogP contribution in [0.25, 0.3) is 0 Å². The number of allylic oxidation sites excluding steroid dienone is 1. The van der Waals surface area contributed by atoms with Gasteiger partial charge in [0.15, 0.2) is 0 Å². The van der Waals surface area contributed by atoms with Crippen LogP contribution >= 0.6 is 0 Å². The summed E-state index contributed by atoms with van der Waals surface area (Å²) in [6, 6.07) is 0. The van der Waals surface area contributed by atoms with Crippen molar-refractivity contribution in [1.29, 1.82) is 0 Å². The van der Waals surface area contributed by atoms with Gasteiger partial charge >= 0.3 is 0 Å². The minimum Gasteiger partial charge on any atom is -0.385 e. The molecule has 0 bridgehead atoms. The number of hydrogen-bond donors (Lipinski definition) is 1. The van der Waals surface area contributed by atoms with Crippen LogP contribution in [0, 0.1) is 5.92 Å². The van der Waals surface area contributed by atoms with E-state index in [1.54, 1.807) is 0 Å². The van der Waals surface area contributed by atoms with Gasteiger partial charge in [-0.2, -0.15) is 0 Å². The maximum absolute atomic E-state index is 3.90. The van der Waals surface area contributed by atoms with Gasteiger partial charge in [0.05, 0.1) is 0 Å². The SMILES string of the molecule is C=C(C)C1=CC(CCC)CN1. The molecule has 0 aromatic heterocycles. The summed E-state index contributed by atoms with van der Waals surface area (Å²) in [7, 11) is 0. The van der Waals surface area contributed by atoms with Crippen molar-refractivity contribution in [2.45, 2.75) is 26.7 Å². The lowest BCUT2D eigenvalue weighted by Crippen LogP contribution is -2.12. The molecule has 1 nitrogen and oxygen atoms in total. The van der Waals surface area contributed by atoms with Gasteiger partial charge < -0.3 is 5.32 Å². The minimum absolute atomic E-state index is 0.742. The molecule has 1 atom stereocenters. The van der Waals surface area contributed by atoms with E-state index >= 15 is 0 Å². The van der Waals surface area contributed by atoms with E-state index in [0.717, 1.165) is 18.0 Å². The maximum atomic E-state index is 3.90. The van der Waals surface area contributed by atoms with Crippen LogP contribution in [0.5, 0.6) is 0 Å². The molecule has 0 fully saturated rings. The molecule has 1 unspecified atom stereocenters. The Bertz CT molecular complexity index is 179. The fraction of sp³-hybridized carbons (Fsp3) is 0.600. The molecule has 1 N–H and O–H groups in total. The van der Waals surface area contributed by atoms with Crippen molar-refractivity contribution < 1.29 is 0 Å². The van der Waals surface area contributed by atoms with Crippen molar-refractivity contribution in [2.24, 2.45) is 5.92 Å². The van der Waals surface area contributed by atoms with Gasteiger partial charge in [-0.25, -0.2) is 0 Å². The molecular weight excluding hydrogens is 134 g/mol. The second-order valence-corrected chi connectivity index (χ2v) is 3.29. The third-order valence-corrected chi connectivity index (χ3v) is 2.08. The fourth-order valence-electron chi connectivity index (χ4n) is 1.44.